The number of hydrogen-bond donors (Lipinski definition) is 1. The highest BCUT2D eigenvalue weighted by Gasteiger charge is 2.34. The van der Waals surface area contributed by atoms with Crippen LogP contribution in [-0.2, 0) is 14.6 Å². The Morgan fingerprint density at radius 1 is 1.10 bits per heavy atom. The van der Waals surface area contributed by atoms with Crippen molar-refractivity contribution >= 4 is 32.8 Å². The van der Waals surface area contributed by atoms with Crippen LogP contribution in [0.15, 0.2) is 69.8 Å². The van der Waals surface area contributed by atoms with Crippen molar-refractivity contribution in [1.29, 1.82) is 0 Å². The summed E-state index contributed by atoms with van der Waals surface area (Å²) >= 11 is 1.36. The van der Waals surface area contributed by atoms with Crippen molar-refractivity contribution in [3.63, 3.8) is 0 Å². The van der Waals surface area contributed by atoms with Gasteiger partial charge in [-0.2, -0.15) is 0 Å². The molecule has 0 fully saturated rings. The molecule has 1 aliphatic rings. The standard InChI is InChI=1S/C22H21NO4S2/c1-14(2)27-16-8-6-7-15(11-16)18-12-20(24)23-21-19(13-28-22(18)21)29(25,26)17-9-4-3-5-10-17/h3-11,13-14,18H,12H2,1-2H3,(H,23,24). The summed E-state index contributed by atoms with van der Waals surface area (Å²) in [6.45, 7) is 3.91. The van der Waals surface area contributed by atoms with Crippen LogP contribution in [-0.4, -0.2) is 20.4 Å². The lowest BCUT2D eigenvalue weighted by molar-refractivity contribution is -0.116. The highest BCUT2D eigenvalue weighted by atomic mass is 32.2. The van der Waals surface area contributed by atoms with E-state index in [2.05, 4.69) is 5.32 Å². The number of fused-ring (bicyclic) bond motifs is 1. The van der Waals surface area contributed by atoms with E-state index in [4.69, 9.17) is 4.74 Å². The Morgan fingerprint density at radius 2 is 1.86 bits per heavy atom. The van der Waals surface area contributed by atoms with Crippen LogP contribution < -0.4 is 10.1 Å². The maximum Gasteiger partial charge on any atom is 0.225 e. The smallest absolute Gasteiger partial charge is 0.225 e. The van der Waals surface area contributed by atoms with E-state index >= 15 is 0 Å². The molecular formula is C22H21NO4S2. The van der Waals surface area contributed by atoms with Gasteiger partial charge in [0.15, 0.2) is 0 Å². The minimum absolute atomic E-state index is 0.0415. The molecule has 3 aromatic rings. The van der Waals surface area contributed by atoms with Gasteiger partial charge in [-0.15, -0.1) is 11.3 Å². The highest BCUT2D eigenvalue weighted by Crippen LogP contribution is 2.46. The Labute approximate surface area is 174 Å². The first kappa shape index (κ1) is 19.7. The average Bonchev–Trinajstić information content (AvgIpc) is 3.12. The summed E-state index contributed by atoms with van der Waals surface area (Å²) in [4.78, 5) is 13.7. The zero-order valence-electron chi connectivity index (χ0n) is 16.1. The van der Waals surface area contributed by atoms with Gasteiger partial charge in [-0.1, -0.05) is 30.3 Å². The number of carbonyl (C=O) groups excluding carboxylic acids is 1. The van der Waals surface area contributed by atoms with E-state index in [1.165, 1.54) is 11.3 Å². The van der Waals surface area contributed by atoms with Gasteiger partial charge >= 0.3 is 0 Å². The van der Waals surface area contributed by atoms with E-state index < -0.39 is 9.84 Å². The van der Waals surface area contributed by atoms with Crippen LogP contribution >= 0.6 is 11.3 Å². The van der Waals surface area contributed by atoms with Crippen molar-refractivity contribution in [3.8, 4) is 5.75 Å². The maximum atomic E-state index is 13.1. The van der Waals surface area contributed by atoms with E-state index in [1.54, 1.807) is 35.7 Å². The number of hydrogen-bond acceptors (Lipinski definition) is 5. The fraction of sp³-hybridized carbons (Fsp3) is 0.227. The van der Waals surface area contributed by atoms with Crippen molar-refractivity contribution in [2.75, 3.05) is 5.32 Å². The Hall–Kier alpha value is -2.64. The number of nitrogens with one attached hydrogen (secondary N) is 1. The zero-order valence-corrected chi connectivity index (χ0v) is 17.7. The van der Waals surface area contributed by atoms with E-state index in [-0.39, 0.29) is 34.1 Å². The molecule has 0 saturated heterocycles. The van der Waals surface area contributed by atoms with Crippen LogP contribution in [0.5, 0.6) is 5.75 Å². The Balaban J connectivity index is 1.78. The number of amides is 1. The lowest BCUT2D eigenvalue weighted by Gasteiger charge is -2.24. The van der Waals surface area contributed by atoms with Gasteiger partial charge in [0.1, 0.15) is 10.6 Å². The van der Waals surface area contributed by atoms with E-state index in [1.807, 2.05) is 38.1 Å². The molecule has 0 radical (unpaired) electrons. The Kier molecular flexibility index (Phi) is 5.19. The predicted molar refractivity (Wildman–Crippen MR) is 114 cm³/mol. The highest BCUT2D eigenvalue weighted by molar-refractivity contribution is 7.91. The summed E-state index contributed by atoms with van der Waals surface area (Å²) in [5.74, 6) is 0.332. The minimum Gasteiger partial charge on any atom is -0.491 e. The van der Waals surface area contributed by atoms with Crippen molar-refractivity contribution in [3.05, 3.63) is 70.4 Å². The quantitative estimate of drug-likeness (QED) is 0.632. The van der Waals surface area contributed by atoms with Gasteiger partial charge in [0, 0.05) is 22.6 Å². The van der Waals surface area contributed by atoms with Gasteiger partial charge < -0.3 is 10.1 Å². The predicted octanol–water partition coefficient (Wildman–Crippen LogP) is 4.84. The summed E-state index contributed by atoms with van der Waals surface area (Å²) < 4.78 is 32.0. The molecule has 29 heavy (non-hydrogen) atoms. The molecule has 1 atom stereocenters. The number of benzene rings is 2. The van der Waals surface area contributed by atoms with Crippen LogP contribution in [0.1, 0.15) is 36.6 Å². The van der Waals surface area contributed by atoms with E-state index in [0.717, 1.165) is 16.2 Å². The van der Waals surface area contributed by atoms with E-state index in [9.17, 15) is 13.2 Å². The van der Waals surface area contributed by atoms with Gasteiger partial charge in [0.05, 0.1) is 16.7 Å². The third kappa shape index (κ3) is 3.80. The molecule has 0 spiro atoms. The maximum absolute atomic E-state index is 13.1. The summed E-state index contributed by atoms with van der Waals surface area (Å²) in [5.41, 5.74) is 1.33. The van der Waals surface area contributed by atoms with Gasteiger partial charge in [-0.3, -0.25) is 4.79 Å². The summed E-state index contributed by atoms with van der Waals surface area (Å²) in [5, 5.41) is 4.42. The molecule has 0 bridgehead atoms. The van der Waals surface area contributed by atoms with E-state index in [0.29, 0.717) is 5.69 Å². The summed E-state index contributed by atoms with van der Waals surface area (Å²) in [6.07, 6.45) is 0.309. The molecule has 4 rings (SSSR count). The van der Waals surface area contributed by atoms with Gasteiger partial charge in [0.2, 0.25) is 15.7 Å². The lowest BCUT2D eigenvalue weighted by atomic mass is 9.90. The van der Waals surface area contributed by atoms with Crippen LogP contribution in [0.2, 0.25) is 0 Å². The minimum atomic E-state index is -3.72. The normalized spacial score (nSPS) is 16.4. The van der Waals surface area contributed by atoms with Gasteiger partial charge in [-0.25, -0.2) is 8.42 Å². The molecule has 1 aromatic heterocycles. The second kappa shape index (κ2) is 7.65. The zero-order chi connectivity index (χ0) is 20.6. The Morgan fingerprint density at radius 3 is 2.59 bits per heavy atom. The topological polar surface area (TPSA) is 72.5 Å². The van der Waals surface area contributed by atoms with Crippen LogP contribution in [0.25, 0.3) is 0 Å². The molecule has 150 valence electrons. The van der Waals surface area contributed by atoms with Crippen LogP contribution in [0.3, 0.4) is 0 Å². The first-order valence-corrected chi connectivity index (χ1v) is 11.7. The number of thiophene rings is 1. The Bertz CT molecular complexity index is 1150. The third-order valence-electron chi connectivity index (χ3n) is 4.73. The lowest BCUT2D eigenvalue weighted by Crippen LogP contribution is -2.23. The summed E-state index contributed by atoms with van der Waals surface area (Å²) in [7, 11) is -3.72. The number of carbonyl (C=O) groups is 1. The number of rotatable bonds is 5. The first-order chi connectivity index (χ1) is 13.9. The molecule has 2 heterocycles. The number of sulfone groups is 1. The van der Waals surface area contributed by atoms with Crippen LogP contribution in [0, 0.1) is 0 Å². The third-order valence-corrected chi connectivity index (χ3v) is 7.77. The van der Waals surface area contributed by atoms with Crippen molar-refractivity contribution in [1.82, 2.24) is 0 Å². The summed E-state index contributed by atoms with van der Waals surface area (Å²) in [6, 6.07) is 15.9. The van der Waals surface area contributed by atoms with Gasteiger partial charge in [0.25, 0.3) is 0 Å². The second-order valence-corrected chi connectivity index (χ2v) is 10.0. The first-order valence-electron chi connectivity index (χ1n) is 9.34. The molecule has 0 saturated carbocycles. The molecule has 5 nitrogen and oxygen atoms in total. The fourth-order valence-electron chi connectivity index (χ4n) is 3.47. The SMILES string of the molecule is CC(C)Oc1cccc(C2CC(=O)Nc3c(S(=O)(=O)c4ccccc4)csc32)c1. The largest absolute Gasteiger partial charge is 0.491 e. The molecule has 7 heteroatoms. The second-order valence-electron chi connectivity index (χ2n) is 7.20. The molecule has 2 aromatic carbocycles. The van der Waals surface area contributed by atoms with Crippen molar-refractivity contribution < 1.29 is 17.9 Å². The monoisotopic (exact) mass is 427 g/mol. The van der Waals surface area contributed by atoms with Crippen LogP contribution in [0.4, 0.5) is 5.69 Å². The molecule has 0 aliphatic carbocycles. The molecule has 1 N–H and O–H groups in total. The molecule has 1 amide bonds. The van der Waals surface area contributed by atoms with Crippen molar-refractivity contribution in [2.45, 2.75) is 42.1 Å². The average molecular weight is 428 g/mol. The number of anilines is 1. The molecule has 1 aliphatic heterocycles. The molecule has 1 unspecified atom stereocenters. The fourth-order valence-corrected chi connectivity index (χ4v) is 6.40. The number of ether oxygens (including phenoxy) is 1. The molecular weight excluding hydrogens is 406 g/mol. The van der Waals surface area contributed by atoms with Crippen molar-refractivity contribution in [2.24, 2.45) is 0 Å². The van der Waals surface area contributed by atoms with Gasteiger partial charge in [-0.05, 0) is 43.7 Å².